The summed E-state index contributed by atoms with van der Waals surface area (Å²) in [5.41, 5.74) is 2.72. The van der Waals surface area contributed by atoms with Crippen molar-refractivity contribution in [2.45, 2.75) is 37.3 Å². The number of nitrogens with zero attached hydrogens (tertiary/aromatic N) is 4. The van der Waals surface area contributed by atoms with Gasteiger partial charge in [0.15, 0.2) is 5.78 Å². The number of carbonyl (C=O) groups excluding carboxylic acids is 1. The number of ketones is 1. The second-order valence-electron chi connectivity index (χ2n) is 6.03. The summed E-state index contributed by atoms with van der Waals surface area (Å²) in [4.78, 5) is 21.7. The molecular weight excluding hydrogens is 320 g/mol. The topological polar surface area (TPSA) is 60.1 Å². The maximum Gasteiger partial charge on any atom is 0.253 e. The molecule has 1 aliphatic carbocycles. The summed E-state index contributed by atoms with van der Waals surface area (Å²) >= 11 is 1.62. The molecule has 0 fully saturated rings. The van der Waals surface area contributed by atoms with Gasteiger partial charge in [0.25, 0.3) is 5.78 Å². The van der Waals surface area contributed by atoms with Crippen molar-refractivity contribution in [3.05, 3.63) is 53.3 Å². The van der Waals surface area contributed by atoms with Gasteiger partial charge in [-0.15, -0.1) is 5.10 Å². The molecule has 0 spiro atoms. The van der Waals surface area contributed by atoms with Gasteiger partial charge in [-0.05, 0) is 24.3 Å². The van der Waals surface area contributed by atoms with Crippen molar-refractivity contribution >= 4 is 23.3 Å². The minimum absolute atomic E-state index is 0.137. The van der Waals surface area contributed by atoms with Gasteiger partial charge in [0, 0.05) is 18.4 Å². The summed E-state index contributed by atoms with van der Waals surface area (Å²) in [6, 6.07) is 10.2. The summed E-state index contributed by atoms with van der Waals surface area (Å²) < 4.78 is 1.64. The first kappa shape index (κ1) is 15.3. The first-order valence-electron chi connectivity index (χ1n) is 8.22. The van der Waals surface area contributed by atoms with E-state index in [2.05, 4.69) is 34.1 Å². The number of hydrogen-bond acceptors (Lipinski definition) is 5. The minimum Gasteiger partial charge on any atom is -0.294 e. The van der Waals surface area contributed by atoms with E-state index >= 15 is 0 Å². The Hall–Kier alpha value is -2.21. The van der Waals surface area contributed by atoms with Crippen molar-refractivity contribution in [1.82, 2.24) is 19.6 Å². The monoisotopic (exact) mass is 338 g/mol. The number of fused-ring (bicyclic) bond motifs is 2. The van der Waals surface area contributed by atoms with Crippen LogP contribution < -0.4 is 0 Å². The van der Waals surface area contributed by atoms with Crippen LogP contribution in [0.1, 0.15) is 47.3 Å². The van der Waals surface area contributed by atoms with Crippen LogP contribution in [-0.2, 0) is 6.42 Å². The van der Waals surface area contributed by atoms with E-state index in [1.165, 1.54) is 5.56 Å². The van der Waals surface area contributed by atoms with E-state index in [9.17, 15) is 4.79 Å². The lowest BCUT2D eigenvalue weighted by Gasteiger charge is -2.22. The smallest absolute Gasteiger partial charge is 0.253 e. The van der Waals surface area contributed by atoms with Gasteiger partial charge in [-0.3, -0.25) is 4.79 Å². The molecule has 3 aromatic rings. The second kappa shape index (κ2) is 6.36. The lowest BCUT2D eigenvalue weighted by molar-refractivity contribution is 0.0962. The van der Waals surface area contributed by atoms with Gasteiger partial charge in [0.2, 0.25) is 5.16 Å². The van der Waals surface area contributed by atoms with E-state index in [0.29, 0.717) is 17.8 Å². The molecule has 122 valence electrons. The van der Waals surface area contributed by atoms with Gasteiger partial charge in [0.05, 0.1) is 11.3 Å². The van der Waals surface area contributed by atoms with Crippen molar-refractivity contribution < 1.29 is 4.79 Å². The normalized spacial score (nSPS) is 17.2. The molecule has 4 rings (SSSR count). The van der Waals surface area contributed by atoms with Gasteiger partial charge in [-0.2, -0.15) is 4.98 Å². The van der Waals surface area contributed by atoms with E-state index in [4.69, 9.17) is 0 Å². The van der Waals surface area contributed by atoms with Crippen molar-refractivity contribution in [2.75, 3.05) is 5.75 Å². The lowest BCUT2D eigenvalue weighted by Crippen LogP contribution is -2.21. The Morgan fingerprint density at radius 2 is 2.04 bits per heavy atom. The number of carbonyl (C=O) groups is 1. The molecule has 0 aliphatic heterocycles. The van der Waals surface area contributed by atoms with Crippen LogP contribution >= 0.6 is 11.8 Å². The van der Waals surface area contributed by atoms with Crippen LogP contribution in [0, 0.1) is 0 Å². The van der Waals surface area contributed by atoms with E-state index in [1.807, 2.05) is 18.2 Å². The Morgan fingerprint density at radius 1 is 1.21 bits per heavy atom. The lowest BCUT2D eigenvalue weighted by atomic mass is 9.82. The van der Waals surface area contributed by atoms with Gasteiger partial charge >= 0.3 is 0 Å². The fraction of sp³-hybridized carbons (Fsp3) is 0.333. The molecular formula is C18H18N4OS. The number of rotatable bonds is 4. The summed E-state index contributed by atoms with van der Waals surface area (Å²) in [5, 5.41) is 5.14. The van der Waals surface area contributed by atoms with Crippen LogP contribution in [0.15, 0.2) is 41.7 Å². The Balaban J connectivity index is 1.69. The van der Waals surface area contributed by atoms with E-state index < -0.39 is 0 Å². The molecule has 0 unspecified atom stereocenters. The van der Waals surface area contributed by atoms with Crippen LogP contribution in [0.5, 0.6) is 0 Å². The molecule has 6 heteroatoms. The van der Waals surface area contributed by atoms with Gasteiger partial charge < -0.3 is 0 Å². The Bertz CT molecular complexity index is 891. The van der Waals surface area contributed by atoms with Crippen molar-refractivity contribution in [2.24, 2.45) is 0 Å². The van der Waals surface area contributed by atoms with Crippen LogP contribution in [0.4, 0.5) is 0 Å². The Kier molecular flexibility index (Phi) is 4.06. The number of benzene rings is 1. The predicted molar refractivity (Wildman–Crippen MR) is 93.6 cm³/mol. The maximum absolute atomic E-state index is 12.6. The quantitative estimate of drug-likeness (QED) is 0.681. The summed E-state index contributed by atoms with van der Waals surface area (Å²) in [7, 11) is 0. The fourth-order valence-corrected chi connectivity index (χ4v) is 3.76. The van der Waals surface area contributed by atoms with Crippen molar-refractivity contribution in [1.29, 1.82) is 0 Å². The molecule has 5 nitrogen and oxygen atoms in total. The third kappa shape index (κ3) is 2.82. The first-order chi connectivity index (χ1) is 11.7. The highest BCUT2D eigenvalue weighted by molar-refractivity contribution is 7.99. The van der Waals surface area contributed by atoms with E-state index in [1.54, 1.807) is 22.5 Å². The molecule has 2 aromatic heterocycles. The molecule has 24 heavy (non-hydrogen) atoms. The largest absolute Gasteiger partial charge is 0.294 e. The van der Waals surface area contributed by atoms with Gasteiger partial charge in [0.1, 0.15) is 0 Å². The molecule has 0 bridgehead atoms. The number of Topliss-reactive ketones (excluding diaryl/α,β-unsaturated/α-hetero) is 1. The molecule has 1 aliphatic rings. The van der Waals surface area contributed by atoms with Crippen molar-refractivity contribution in [3.63, 3.8) is 0 Å². The summed E-state index contributed by atoms with van der Waals surface area (Å²) in [6.45, 7) is 2.13. The molecule has 0 amide bonds. The minimum atomic E-state index is 0.137. The SMILES string of the molecule is CCCSc1nc2nc3c(cn2n1)C(=O)C[C@H](c1ccccc1)C3. The molecule has 0 saturated heterocycles. The first-order valence-corrected chi connectivity index (χ1v) is 9.20. The second-order valence-corrected chi connectivity index (χ2v) is 7.09. The average molecular weight is 338 g/mol. The maximum atomic E-state index is 12.6. The highest BCUT2D eigenvalue weighted by Gasteiger charge is 2.28. The third-order valence-corrected chi connectivity index (χ3v) is 5.31. The van der Waals surface area contributed by atoms with Gasteiger partial charge in [-0.25, -0.2) is 9.50 Å². The zero-order valence-corrected chi connectivity index (χ0v) is 14.3. The van der Waals surface area contributed by atoms with Crippen LogP contribution in [-0.4, -0.2) is 31.1 Å². The van der Waals surface area contributed by atoms with Crippen LogP contribution in [0.3, 0.4) is 0 Å². The highest BCUT2D eigenvalue weighted by atomic mass is 32.2. The third-order valence-electron chi connectivity index (χ3n) is 4.27. The Morgan fingerprint density at radius 3 is 2.83 bits per heavy atom. The van der Waals surface area contributed by atoms with Crippen LogP contribution in [0.25, 0.3) is 5.78 Å². The number of aromatic nitrogens is 4. The van der Waals surface area contributed by atoms with E-state index in [-0.39, 0.29) is 11.7 Å². The average Bonchev–Trinajstić information content (AvgIpc) is 3.01. The zero-order chi connectivity index (χ0) is 16.5. The Labute approximate surface area is 144 Å². The van der Waals surface area contributed by atoms with Crippen molar-refractivity contribution in [3.8, 4) is 0 Å². The number of thioether (sulfide) groups is 1. The molecule has 0 N–H and O–H groups in total. The molecule has 1 aromatic carbocycles. The predicted octanol–water partition coefficient (Wildman–Crippen LogP) is 3.54. The standard InChI is InChI=1S/C18H18N4OS/c1-2-8-24-18-20-17-19-15-9-13(12-6-4-3-5-7-12)10-16(23)14(15)11-22(17)21-18/h3-7,11,13H,2,8-10H2,1H3/t13-/m1/s1. The van der Waals surface area contributed by atoms with E-state index in [0.717, 1.165) is 29.4 Å². The number of hydrogen-bond donors (Lipinski definition) is 0. The summed E-state index contributed by atoms with van der Waals surface area (Å²) in [5.74, 6) is 1.88. The van der Waals surface area contributed by atoms with Gasteiger partial charge in [-0.1, -0.05) is 49.0 Å². The molecule has 2 heterocycles. The summed E-state index contributed by atoms with van der Waals surface area (Å²) in [6.07, 6.45) is 4.16. The molecule has 0 saturated carbocycles. The zero-order valence-electron chi connectivity index (χ0n) is 13.5. The fourth-order valence-electron chi connectivity index (χ4n) is 3.08. The van der Waals surface area contributed by atoms with Crippen LogP contribution in [0.2, 0.25) is 0 Å². The molecule has 0 radical (unpaired) electrons. The molecule has 1 atom stereocenters. The highest BCUT2D eigenvalue weighted by Crippen LogP contribution is 2.32.